The number of pyridine rings is 1. The van der Waals surface area contributed by atoms with E-state index < -0.39 is 9.84 Å². The molecular weight excluding hydrogens is 422 g/mol. The molecule has 1 aliphatic heterocycles. The Morgan fingerprint density at radius 2 is 2.00 bits per heavy atom. The number of amidine groups is 1. The number of hydrogen-bond acceptors (Lipinski definition) is 6. The molecule has 158 valence electrons. The van der Waals surface area contributed by atoms with Gasteiger partial charge in [0.25, 0.3) is 5.56 Å². The second-order valence-electron chi connectivity index (χ2n) is 7.49. The lowest BCUT2D eigenvalue weighted by atomic mass is 10.1. The molecular formula is C21H23N3O4S2. The van der Waals surface area contributed by atoms with Gasteiger partial charge in [-0.2, -0.15) is 0 Å². The van der Waals surface area contributed by atoms with Gasteiger partial charge in [0.15, 0.2) is 0 Å². The molecule has 2 N–H and O–H groups in total. The minimum atomic E-state index is -2.95. The van der Waals surface area contributed by atoms with Crippen molar-refractivity contribution in [2.75, 3.05) is 18.6 Å². The number of ether oxygens (including phenoxy) is 1. The highest BCUT2D eigenvalue weighted by Gasteiger charge is 2.25. The number of aryl methyl sites for hydroxylation is 1. The normalized spacial score (nSPS) is 16.5. The Morgan fingerprint density at radius 3 is 2.70 bits per heavy atom. The Labute approximate surface area is 178 Å². The van der Waals surface area contributed by atoms with Crippen molar-refractivity contribution in [2.24, 2.45) is 7.05 Å². The number of benzene rings is 1. The lowest BCUT2D eigenvalue weighted by Crippen LogP contribution is -2.40. The number of sulfone groups is 1. The van der Waals surface area contributed by atoms with E-state index in [0.717, 1.165) is 21.6 Å². The summed E-state index contributed by atoms with van der Waals surface area (Å²) in [6, 6.07) is 9.36. The maximum atomic E-state index is 12.7. The number of rotatable bonds is 4. The van der Waals surface area contributed by atoms with Gasteiger partial charge in [0.2, 0.25) is 0 Å². The van der Waals surface area contributed by atoms with E-state index in [1.165, 1.54) is 11.3 Å². The third kappa shape index (κ3) is 3.99. The summed E-state index contributed by atoms with van der Waals surface area (Å²) in [5.74, 6) is 1.24. The highest BCUT2D eigenvalue weighted by Crippen LogP contribution is 2.34. The average molecular weight is 446 g/mol. The average Bonchev–Trinajstić information content (AvgIpc) is 3.18. The largest absolute Gasteiger partial charge is 0.497 e. The third-order valence-electron chi connectivity index (χ3n) is 5.38. The van der Waals surface area contributed by atoms with Crippen molar-refractivity contribution in [2.45, 2.75) is 18.9 Å². The molecule has 0 unspecified atom stereocenters. The van der Waals surface area contributed by atoms with E-state index >= 15 is 0 Å². The maximum Gasteiger partial charge on any atom is 0.259 e. The van der Waals surface area contributed by atoms with E-state index in [-0.39, 0.29) is 28.9 Å². The van der Waals surface area contributed by atoms with Crippen molar-refractivity contribution in [3.63, 3.8) is 0 Å². The number of nitrogens with zero attached hydrogens (tertiary/aromatic N) is 1. The summed E-state index contributed by atoms with van der Waals surface area (Å²) >= 11 is 1.39. The molecule has 9 heteroatoms. The van der Waals surface area contributed by atoms with E-state index in [4.69, 9.17) is 10.1 Å². The van der Waals surface area contributed by atoms with Crippen LogP contribution in [0.3, 0.4) is 0 Å². The fourth-order valence-corrected chi connectivity index (χ4v) is 6.27. The van der Waals surface area contributed by atoms with Crippen LogP contribution in [0, 0.1) is 5.41 Å². The Balaban J connectivity index is 1.70. The molecule has 0 saturated carbocycles. The van der Waals surface area contributed by atoms with Crippen LogP contribution < -0.4 is 15.6 Å². The Morgan fingerprint density at radius 1 is 1.27 bits per heavy atom. The van der Waals surface area contributed by atoms with Gasteiger partial charge in [0.05, 0.1) is 28.9 Å². The summed E-state index contributed by atoms with van der Waals surface area (Å²) in [7, 11) is 0.379. The summed E-state index contributed by atoms with van der Waals surface area (Å²) in [4.78, 5) is 13.4. The summed E-state index contributed by atoms with van der Waals surface area (Å²) in [5, 5.41) is 12.2. The lowest BCUT2D eigenvalue weighted by molar-refractivity contribution is 0.415. The van der Waals surface area contributed by atoms with Gasteiger partial charge < -0.3 is 14.6 Å². The van der Waals surface area contributed by atoms with Crippen molar-refractivity contribution >= 4 is 37.1 Å². The lowest BCUT2D eigenvalue weighted by Gasteiger charge is -2.23. The number of aromatic nitrogens is 1. The summed E-state index contributed by atoms with van der Waals surface area (Å²) in [5.41, 5.74) is 1.72. The fraction of sp³-hybridized carbons (Fsp3) is 0.333. The van der Waals surface area contributed by atoms with Crippen LogP contribution in [-0.2, 0) is 16.9 Å². The van der Waals surface area contributed by atoms with Crippen LogP contribution in [0.5, 0.6) is 5.75 Å². The van der Waals surface area contributed by atoms with Gasteiger partial charge in [-0.05, 0) is 36.6 Å². The number of fused-ring (bicyclic) bond motifs is 1. The monoisotopic (exact) mass is 445 g/mol. The molecule has 1 fully saturated rings. The van der Waals surface area contributed by atoms with Crippen molar-refractivity contribution in [1.82, 2.24) is 9.88 Å². The van der Waals surface area contributed by atoms with Gasteiger partial charge in [0.1, 0.15) is 21.4 Å². The zero-order chi connectivity index (χ0) is 21.5. The molecule has 1 aromatic carbocycles. The van der Waals surface area contributed by atoms with Crippen LogP contribution in [0.25, 0.3) is 21.2 Å². The third-order valence-corrected chi connectivity index (χ3v) is 8.28. The highest BCUT2D eigenvalue weighted by molar-refractivity contribution is 7.91. The van der Waals surface area contributed by atoms with Gasteiger partial charge >= 0.3 is 0 Å². The first kappa shape index (κ1) is 20.6. The second-order valence-corrected chi connectivity index (χ2v) is 10.8. The zero-order valence-corrected chi connectivity index (χ0v) is 18.4. The molecule has 0 atom stereocenters. The van der Waals surface area contributed by atoms with Crippen LogP contribution in [0.2, 0.25) is 0 Å². The Hall–Kier alpha value is -2.65. The zero-order valence-electron chi connectivity index (χ0n) is 16.8. The molecule has 7 nitrogen and oxygen atoms in total. The van der Waals surface area contributed by atoms with Crippen LogP contribution in [0.1, 0.15) is 17.7 Å². The van der Waals surface area contributed by atoms with E-state index in [1.807, 2.05) is 30.5 Å². The van der Waals surface area contributed by atoms with E-state index in [9.17, 15) is 13.2 Å². The smallest absolute Gasteiger partial charge is 0.259 e. The van der Waals surface area contributed by atoms with Crippen LogP contribution in [0.4, 0.5) is 0 Å². The quantitative estimate of drug-likeness (QED) is 0.475. The highest BCUT2D eigenvalue weighted by atomic mass is 32.2. The molecule has 1 saturated heterocycles. The Kier molecular flexibility index (Phi) is 5.42. The molecule has 0 radical (unpaired) electrons. The molecule has 0 spiro atoms. The molecule has 0 aliphatic carbocycles. The molecule has 0 bridgehead atoms. The molecule has 30 heavy (non-hydrogen) atoms. The van der Waals surface area contributed by atoms with E-state index in [2.05, 4.69) is 5.32 Å². The van der Waals surface area contributed by atoms with Crippen LogP contribution >= 0.6 is 11.3 Å². The van der Waals surface area contributed by atoms with Crippen LogP contribution in [0.15, 0.2) is 41.3 Å². The topological polar surface area (TPSA) is 101 Å². The summed E-state index contributed by atoms with van der Waals surface area (Å²) in [6.07, 6.45) is 2.79. The van der Waals surface area contributed by atoms with Crippen molar-refractivity contribution in [3.8, 4) is 16.9 Å². The van der Waals surface area contributed by atoms with Crippen LogP contribution in [-0.4, -0.2) is 43.5 Å². The molecule has 4 rings (SSSR count). The summed E-state index contributed by atoms with van der Waals surface area (Å²) < 4.78 is 31.0. The minimum Gasteiger partial charge on any atom is -0.497 e. The van der Waals surface area contributed by atoms with E-state index in [0.29, 0.717) is 23.1 Å². The molecule has 0 amide bonds. The first-order valence-electron chi connectivity index (χ1n) is 9.61. The maximum absolute atomic E-state index is 12.7. The fourth-order valence-electron chi connectivity index (χ4n) is 3.68. The minimum absolute atomic E-state index is 0.0491. The van der Waals surface area contributed by atoms with Crippen molar-refractivity contribution in [3.05, 3.63) is 51.8 Å². The predicted octanol–water partition coefficient (Wildman–Crippen LogP) is 2.77. The van der Waals surface area contributed by atoms with Gasteiger partial charge in [-0.15, -0.1) is 11.3 Å². The molecule has 1 aliphatic rings. The number of methoxy groups -OCH3 is 1. The standard InChI is InChI=1S/C21H23N3O4S2/c1-24-12-17(13-4-3-5-15(10-13)28-2)19-16(21(24)25)11-18(29-19)20(22)23-14-6-8-30(26,27)9-7-14/h3-5,10-12,14H,6-9H2,1-2H3,(H2,22,23). The van der Waals surface area contributed by atoms with Gasteiger partial charge in [-0.25, -0.2) is 8.42 Å². The first-order valence-corrected chi connectivity index (χ1v) is 12.2. The van der Waals surface area contributed by atoms with Gasteiger partial charge in [0, 0.05) is 29.5 Å². The number of thiophene rings is 1. The molecule has 2 aromatic heterocycles. The predicted molar refractivity (Wildman–Crippen MR) is 121 cm³/mol. The SMILES string of the molecule is COc1cccc(-c2cn(C)c(=O)c3cc(C(=N)NC4CCS(=O)(=O)CC4)sc23)c1. The second kappa shape index (κ2) is 7.88. The van der Waals surface area contributed by atoms with E-state index in [1.54, 1.807) is 24.8 Å². The number of nitrogens with one attached hydrogen (secondary N) is 2. The van der Waals surface area contributed by atoms with Crippen molar-refractivity contribution in [1.29, 1.82) is 5.41 Å². The summed E-state index contributed by atoms with van der Waals surface area (Å²) in [6.45, 7) is 0. The van der Waals surface area contributed by atoms with Gasteiger partial charge in [-0.1, -0.05) is 12.1 Å². The molecule has 3 heterocycles. The van der Waals surface area contributed by atoms with Crippen molar-refractivity contribution < 1.29 is 13.2 Å². The van der Waals surface area contributed by atoms with Gasteiger partial charge in [-0.3, -0.25) is 10.2 Å². The number of hydrogen-bond donors (Lipinski definition) is 2. The Bertz CT molecular complexity index is 1280. The first-order chi connectivity index (χ1) is 14.3. The molecule has 3 aromatic rings.